The maximum atomic E-state index is 5.61. The van der Waals surface area contributed by atoms with E-state index in [1.165, 1.54) is 43.5 Å². The third kappa shape index (κ3) is 8.65. The number of guanidine groups is 1. The van der Waals surface area contributed by atoms with E-state index < -0.39 is 0 Å². The molecule has 30 heavy (non-hydrogen) atoms. The van der Waals surface area contributed by atoms with E-state index in [1.807, 2.05) is 19.2 Å². The normalized spacial score (nSPS) is 14.9. The molecule has 2 aromatic rings. The molecule has 6 nitrogen and oxygen atoms in total. The second kappa shape index (κ2) is 14.4. The fraction of sp³-hybridized carbons (Fsp3) is 0.522. The van der Waals surface area contributed by atoms with Crippen molar-refractivity contribution in [3.8, 4) is 0 Å². The van der Waals surface area contributed by atoms with Gasteiger partial charge in [-0.15, -0.1) is 24.0 Å². The minimum atomic E-state index is 0. The molecule has 0 radical (unpaired) electrons. The van der Waals surface area contributed by atoms with Gasteiger partial charge in [-0.05, 0) is 55.6 Å². The molecular formula is C23H35IN4O2. The monoisotopic (exact) mass is 526 g/mol. The highest BCUT2D eigenvalue weighted by molar-refractivity contribution is 14.0. The van der Waals surface area contributed by atoms with Gasteiger partial charge in [-0.1, -0.05) is 30.7 Å². The van der Waals surface area contributed by atoms with Crippen molar-refractivity contribution in [1.82, 2.24) is 15.5 Å². The molecule has 1 saturated heterocycles. The second-order valence-corrected chi connectivity index (χ2v) is 7.44. The van der Waals surface area contributed by atoms with Crippen LogP contribution in [-0.4, -0.2) is 44.1 Å². The number of ether oxygens (including phenoxy) is 1. The van der Waals surface area contributed by atoms with Crippen LogP contribution in [0.5, 0.6) is 0 Å². The van der Waals surface area contributed by atoms with Crippen LogP contribution in [0.1, 0.15) is 42.6 Å². The Balaban J connectivity index is 0.00000320. The van der Waals surface area contributed by atoms with Gasteiger partial charge in [0.1, 0.15) is 12.4 Å². The summed E-state index contributed by atoms with van der Waals surface area (Å²) in [5.74, 6) is 1.68. The third-order valence-corrected chi connectivity index (χ3v) is 5.21. The van der Waals surface area contributed by atoms with Gasteiger partial charge in [0.05, 0.1) is 6.26 Å². The van der Waals surface area contributed by atoms with Crippen molar-refractivity contribution in [3.05, 3.63) is 59.5 Å². The molecule has 7 heteroatoms. The predicted molar refractivity (Wildman–Crippen MR) is 132 cm³/mol. The summed E-state index contributed by atoms with van der Waals surface area (Å²) in [5, 5.41) is 6.80. The summed E-state index contributed by atoms with van der Waals surface area (Å²) in [6.45, 7) is 6.26. The quantitative estimate of drug-likeness (QED) is 0.211. The zero-order valence-corrected chi connectivity index (χ0v) is 20.3. The van der Waals surface area contributed by atoms with E-state index in [4.69, 9.17) is 9.15 Å². The molecule has 1 aromatic heterocycles. The van der Waals surface area contributed by atoms with Crippen LogP contribution in [0.3, 0.4) is 0 Å². The minimum absolute atomic E-state index is 0. The Labute approximate surface area is 197 Å². The lowest BCUT2D eigenvalue weighted by atomic mass is 10.0. The molecule has 166 valence electrons. The Kier molecular flexibility index (Phi) is 11.9. The molecular weight excluding hydrogens is 491 g/mol. The molecule has 2 heterocycles. The average Bonchev–Trinajstić information content (AvgIpc) is 3.28. The van der Waals surface area contributed by atoms with Gasteiger partial charge in [-0.2, -0.15) is 0 Å². The summed E-state index contributed by atoms with van der Waals surface area (Å²) >= 11 is 0. The molecule has 0 unspecified atom stereocenters. The number of likely N-dealkylation sites (tertiary alicyclic amines) is 1. The first-order chi connectivity index (χ1) is 14.3. The van der Waals surface area contributed by atoms with Crippen molar-refractivity contribution >= 4 is 29.9 Å². The summed E-state index contributed by atoms with van der Waals surface area (Å²) < 4.78 is 10.9. The first-order valence-corrected chi connectivity index (χ1v) is 10.7. The number of hydrogen-bond acceptors (Lipinski definition) is 4. The highest BCUT2D eigenvalue weighted by atomic mass is 127. The molecule has 0 aliphatic carbocycles. The Morgan fingerprint density at radius 2 is 1.87 bits per heavy atom. The number of nitrogens with one attached hydrogen (secondary N) is 2. The van der Waals surface area contributed by atoms with Crippen molar-refractivity contribution in [1.29, 1.82) is 0 Å². The minimum Gasteiger partial charge on any atom is -0.467 e. The van der Waals surface area contributed by atoms with Crippen LogP contribution in [0.2, 0.25) is 0 Å². The molecule has 1 aromatic carbocycles. The summed E-state index contributed by atoms with van der Waals surface area (Å²) in [6, 6.07) is 12.5. The number of nitrogens with zero attached hydrogens (tertiary/aromatic N) is 2. The second-order valence-electron chi connectivity index (χ2n) is 7.44. The Bertz CT molecular complexity index is 731. The van der Waals surface area contributed by atoms with Crippen LogP contribution < -0.4 is 10.6 Å². The molecule has 1 aliphatic rings. The lowest BCUT2D eigenvalue weighted by Crippen LogP contribution is -2.38. The van der Waals surface area contributed by atoms with E-state index in [2.05, 4.69) is 44.8 Å². The molecule has 0 atom stereocenters. The fourth-order valence-electron chi connectivity index (χ4n) is 3.59. The van der Waals surface area contributed by atoms with Gasteiger partial charge in [-0.25, -0.2) is 0 Å². The zero-order chi connectivity index (χ0) is 20.2. The van der Waals surface area contributed by atoms with Crippen molar-refractivity contribution < 1.29 is 9.15 Å². The number of piperidine rings is 1. The topological polar surface area (TPSA) is 62.0 Å². The Morgan fingerprint density at radius 1 is 1.07 bits per heavy atom. The fourth-order valence-corrected chi connectivity index (χ4v) is 3.59. The standard InChI is InChI=1S/C23H34N4O2.HI/c1-24-23(25-12-8-15-28-19-22-11-7-16-29-22)26-17-20-9-3-4-10-21(20)18-27-13-5-2-6-14-27;/h3-4,7,9-11,16H,2,5-6,8,12-15,17-19H2,1H3,(H2,24,25,26);1H. The predicted octanol–water partition coefficient (Wildman–Crippen LogP) is 4.16. The number of aliphatic imine (C=N–C) groups is 1. The molecule has 1 aliphatic heterocycles. The van der Waals surface area contributed by atoms with Crippen LogP contribution in [-0.2, 0) is 24.4 Å². The van der Waals surface area contributed by atoms with Gasteiger partial charge < -0.3 is 19.8 Å². The first kappa shape index (κ1) is 24.7. The van der Waals surface area contributed by atoms with Gasteiger partial charge in [0.25, 0.3) is 0 Å². The van der Waals surface area contributed by atoms with E-state index in [-0.39, 0.29) is 24.0 Å². The lowest BCUT2D eigenvalue weighted by molar-refractivity contribution is 0.105. The average molecular weight is 526 g/mol. The number of benzene rings is 1. The smallest absolute Gasteiger partial charge is 0.191 e. The third-order valence-electron chi connectivity index (χ3n) is 5.21. The number of rotatable bonds is 10. The Hall–Kier alpha value is -1.58. The van der Waals surface area contributed by atoms with Gasteiger partial charge in [-0.3, -0.25) is 9.89 Å². The van der Waals surface area contributed by atoms with Crippen LogP contribution in [0.4, 0.5) is 0 Å². The van der Waals surface area contributed by atoms with E-state index in [0.29, 0.717) is 13.2 Å². The molecule has 1 fully saturated rings. The molecule has 3 rings (SSSR count). The van der Waals surface area contributed by atoms with Gasteiger partial charge in [0.2, 0.25) is 0 Å². The molecule has 0 amide bonds. The van der Waals surface area contributed by atoms with Gasteiger partial charge in [0, 0.05) is 33.3 Å². The lowest BCUT2D eigenvalue weighted by Gasteiger charge is -2.27. The highest BCUT2D eigenvalue weighted by Gasteiger charge is 2.12. The van der Waals surface area contributed by atoms with E-state index in [1.54, 1.807) is 6.26 Å². The zero-order valence-electron chi connectivity index (χ0n) is 17.9. The Morgan fingerprint density at radius 3 is 2.60 bits per heavy atom. The summed E-state index contributed by atoms with van der Waals surface area (Å²) in [5.41, 5.74) is 2.74. The van der Waals surface area contributed by atoms with Crippen LogP contribution in [0, 0.1) is 0 Å². The number of hydrogen-bond donors (Lipinski definition) is 2. The maximum absolute atomic E-state index is 5.61. The first-order valence-electron chi connectivity index (χ1n) is 10.7. The molecule has 0 bridgehead atoms. The van der Waals surface area contributed by atoms with Crippen molar-refractivity contribution in [2.75, 3.05) is 33.3 Å². The van der Waals surface area contributed by atoms with E-state index >= 15 is 0 Å². The van der Waals surface area contributed by atoms with E-state index in [9.17, 15) is 0 Å². The van der Waals surface area contributed by atoms with Crippen molar-refractivity contribution in [3.63, 3.8) is 0 Å². The number of halogens is 1. The summed E-state index contributed by atoms with van der Waals surface area (Å²) in [6.07, 6.45) is 6.59. The molecule has 0 saturated carbocycles. The molecule has 0 spiro atoms. The summed E-state index contributed by atoms with van der Waals surface area (Å²) in [4.78, 5) is 6.90. The largest absolute Gasteiger partial charge is 0.467 e. The van der Waals surface area contributed by atoms with Crippen LogP contribution in [0.25, 0.3) is 0 Å². The van der Waals surface area contributed by atoms with Gasteiger partial charge in [0.15, 0.2) is 5.96 Å². The van der Waals surface area contributed by atoms with E-state index in [0.717, 1.165) is 37.8 Å². The van der Waals surface area contributed by atoms with Crippen LogP contribution in [0.15, 0.2) is 52.1 Å². The maximum Gasteiger partial charge on any atom is 0.191 e. The number of furan rings is 1. The highest BCUT2D eigenvalue weighted by Crippen LogP contribution is 2.16. The van der Waals surface area contributed by atoms with Crippen molar-refractivity contribution in [2.45, 2.75) is 45.4 Å². The van der Waals surface area contributed by atoms with Gasteiger partial charge >= 0.3 is 0 Å². The SMILES string of the molecule is CN=C(NCCCOCc1ccco1)NCc1ccccc1CN1CCCCC1.I. The van der Waals surface area contributed by atoms with Crippen LogP contribution >= 0.6 is 24.0 Å². The molecule has 2 N–H and O–H groups in total. The summed E-state index contributed by atoms with van der Waals surface area (Å²) in [7, 11) is 1.81. The van der Waals surface area contributed by atoms with Crippen molar-refractivity contribution in [2.24, 2.45) is 4.99 Å².